The summed E-state index contributed by atoms with van der Waals surface area (Å²) in [4.78, 5) is 20.3. The van der Waals surface area contributed by atoms with Crippen molar-refractivity contribution in [1.82, 2.24) is 19.2 Å². The lowest BCUT2D eigenvalue weighted by atomic mass is 10.3. The Morgan fingerprint density at radius 2 is 2.05 bits per heavy atom. The van der Waals surface area contributed by atoms with Crippen molar-refractivity contribution in [2.75, 3.05) is 32.7 Å². The van der Waals surface area contributed by atoms with E-state index in [-0.39, 0.29) is 12.5 Å². The molecule has 6 heteroatoms. The van der Waals surface area contributed by atoms with Crippen LogP contribution in [0.5, 0.6) is 0 Å². The van der Waals surface area contributed by atoms with E-state index in [1.54, 1.807) is 0 Å². The first kappa shape index (κ1) is 13.1. The number of hydrogen-bond acceptors (Lipinski definition) is 4. The molecule has 1 fully saturated rings. The number of hydrogen-bond donors (Lipinski definition) is 1. The fraction of sp³-hybridized carbons (Fsp3) is 0.429. The van der Waals surface area contributed by atoms with E-state index < -0.39 is 0 Å². The number of pyridine rings is 1. The standard InChI is InChI=1S/C14H19N5O/c15-9-14(20)18-7-5-17(6-8-18)10-12-11-19-4-2-1-3-13(19)16-12/h1-4,11H,5-10,15H2. The summed E-state index contributed by atoms with van der Waals surface area (Å²) < 4.78 is 2.03. The zero-order valence-corrected chi connectivity index (χ0v) is 11.4. The van der Waals surface area contributed by atoms with E-state index in [9.17, 15) is 4.79 Å². The van der Waals surface area contributed by atoms with Gasteiger partial charge in [-0.05, 0) is 12.1 Å². The summed E-state index contributed by atoms with van der Waals surface area (Å²) in [7, 11) is 0. The number of carbonyl (C=O) groups excluding carboxylic acids is 1. The van der Waals surface area contributed by atoms with Gasteiger partial charge in [-0.15, -0.1) is 0 Å². The minimum Gasteiger partial charge on any atom is -0.339 e. The molecule has 0 aliphatic carbocycles. The molecule has 106 valence electrons. The van der Waals surface area contributed by atoms with Gasteiger partial charge in [0.25, 0.3) is 0 Å². The number of amides is 1. The van der Waals surface area contributed by atoms with Crippen LogP contribution in [-0.4, -0.2) is 57.8 Å². The summed E-state index contributed by atoms with van der Waals surface area (Å²) in [5.41, 5.74) is 7.42. The molecule has 0 bridgehead atoms. The van der Waals surface area contributed by atoms with Crippen molar-refractivity contribution >= 4 is 11.6 Å². The predicted octanol–water partition coefficient (Wildman–Crippen LogP) is -0.0628. The van der Waals surface area contributed by atoms with Gasteiger partial charge in [-0.1, -0.05) is 6.07 Å². The van der Waals surface area contributed by atoms with Crippen LogP contribution in [0.1, 0.15) is 5.69 Å². The lowest BCUT2D eigenvalue weighted by Crippen LogP contribution is -2.49. The fourth-order valence-electron chi connectivity index (χ4n) is 2.58. The molecule has 0 atom stereocenters. The molecule has 6 nitrogen and oxygen atoms in total. The highest BCUT2D eigenvalue weighted by Crippen LogP contribution is 2.10. The number of carbonyl (C=O) groups is 1. The van der Waals surface area contributed by atoms with Crippen molar-refractivity contribution in [2.24, 2.45) is 5.73 Å². The molecular formula is C14H19N5O. The molecule has 0 aromatic carbocycles. The van der Waals surface area contributed by atoms with Crippen LogP contribution >= 0.6 is 0 Å². The molecule has 3 heterocycles. The van der Waals surface area contributed by atoms with E-state index >= 15 is 0 Å². The molecule has 0 radical (unpaired) electrons. The van der Waals surface area contributed by atoms with Gasteiger partial charge in [-0.25, -0.2) is 4.98 Å². The van der Waals surface area contributed by atoms with Gasteiger partial charge in [0.05, 0.1) is 12.2 Å². The molecule has 0 spiro atoms. The van der Waals surface area contributed by atoms with Gasteiger partial charge in [-0.2, -0.15) is 0 Å². The topological polar surface area (TPSA) is 66.9 Å². The number of imidazole rings is 1. The van der Waals surface area contributed by atoms with Crippen LogP contribution < -0.4 is 5.73 Å². The maximum atomic E-state index is 11.5. The van der Waals surface area contributed by atoms with Gasteiger partial charge in [0.1, 0.15) is 5.65 Å². The van der Waals surface area contributed by atoms with Crippen LogP contribution in [0.3, 0.4) is 0 Å². The van der Waals surface area contributed by atoms with E-state index in [0.29, 0.717) is 0 Å². The Bertz CT molecular complexity index is 567. The molecule has 0 unspecified atom stereocenters. The third-order valence-corrected chi connectivity index (χ3v) is 3.70. The highest BCUT2D eigenvalue weighted by Gasteiger charge is 2.20. The summed E-state index contributed by atoms with van der Waals surface area (Å²) in [6.45, 7) is 4.19. The van der Waals surface area contributed by atoms with Crippen molar-refractivity contribution in [3.63, 3.8) is 0 Å². The lowest BCUT2D eigenvalue weighted by Gasteiger charge is -2.34. The molecule has 20 heavy (non-hydrogen) atoms. The first-order chi connectivity index (χ1) is 9.76. The molecule has 0 saturated carbocycles. The maximum Gasteiger partial charge on any atom is 0.236 e. The number of piperazine rings is 1. The zero-order valence-electron chi connectivity index (χ0n) is 11.4. The first-order valence-electron chi connectivity index (χ1n) is 6.89. The number of aromatic nitrogens is 2. The molecular weight excluding hydrogens is 254 g/mol. The van der Waals surface area contributed by atoms with Crippen molar-refractivity contribution in [1.29, 1.82) is 0 Å². The number of fused-ring (bicyclic) bond motifs is 1. The molecule has 1 amide bonds. The molecule has 2 aromatic rings. The van der Waals surface area contributed by atoms with Crippen LogP contribution in [0.2, 0.25) is 0 Å². The SMILES string of the molecule is NCC(=O)N1CCN(Cc2cn3ccccc3n2)CC1. The highest BCUT2D eigenvalue weighted by molar-refractivity contribution is 5.78. The number of rotatable bonds is 3. The van der Waals surface area contributed by atoms with Gasteiger partial charge < -0.3 is 15.0 Å². The van der Waals surface area contributed by atoms with E-state index in [1.807, 2.05) is 33.7 Å². The summed E-state index contributed by atoms with van der Waals surface area (Å²) in [6, 6.07) is 5.99. The summed E-state index contributed by atoms with van der Waals surface area (Å²) >= 11 is 0. The normalized spacial score (nSPS) is 16.8. The summed E-state index contributed by atoms with van der Waals surface area (Å²) in [5.74, 6) is 0.0392. The smallest absolute Gasteiger partial charge is 0.236 e. The Morgan fingerprint density at radius 3 is 2.75 bits per heavy atom. The second kappa shape index (κ2) is 5.60. The molecule has 1 aliphatic heterocycles. The molecule has 3 rings (SSSR count). The Morgan fingerprint density at radius 1 is 1.25 bits per heavy atom. The van der Waals surface area contributed by atoms with Crippen LogP contribution in [0.25, 0.3) is 5.65 Å². The second-order valence-electron chi connectivity index (χ2n) is 5.06. The molecule has 2 aromatic heterocycles. The average Bonchev–Trinajstić information content (AvgIpc) is 2.89. The van der Waals surface area contributed by atoms with E-state index in [4.69, 9.17) is 5.73 Å². The van der Waals surface area contributed by atoms with Crippen molar-refractivity contribution < 1.29 is 4.79 Å². The maximum absolute atomic E-state index is 11.5. The van der Waals surface area contributed by atoms with Gasteiger partial charge >= 0.3 is 0 Å². The quantitative estimate of drug-likeness (QED) is 0.850. The van der Waals surface area contributed by atoms with Crippen molar-refractivity contribution in [3.05, 3.63) is 36.3 Å². The zero-order chi connectivity index (χ0) is 13.9. The summed E-state index contributed by atoms with van der Waals surface area (Å²) in [6.07, 6.45) is 4.07. The van der Waals surface area contributed by atoms with Crippen molar-refractivity contribution in [3.8, 4) is 0 Å². The number of nitrogens with two attached hydrogens (primary N) is 1. The minimum atomic E-state index is 0.0392. The van der Waals surface area contributed by atoms with Gasteiger partial charge in [-0.3, -0.25) is 9.69 Å². The predicted molar refractivity (Wildman–Crippen MR) is 76.1 cm³/mol. The average molecular weight is 273 g/mol. The van der Waals surface area contributed by atoms with Gasteiger partial charge in [0, 0.05) is 45.1 Å². The van der Waals surface area contributed by atoms with Crippen molar-refractivity contribution in [2.45, 2.75) is 6.54 Å². The van der Waals surface area contributed by atoms with Crippen LogP contribution in [0.4, 0.5) is 0 Å². The molecule has 1 aliphatic rings. The third-order valence-electron chi connectivity index (χ3n) is 3.70. The largest absolute Gasteiger partial charge is 0.339 e. The monoisotopic (exact) mass is 273 g/mol. The fourth-order valence-corrected chi connectivity index (χ4v) is 2.58. The van der Waals surface area contributed by atoms with Gasteiger partial charge in [0.15, 0.2) is 0 Å². The Kier molecular flexibility index (Phi) is 3.66. The Hall–Kier alpha value is -1.92. The van der Waals surface area contributed by atoms with E-state index in [0.717, 1.165) is 44.1 Å². The third kappa shape index (κ3) is 2.66. The molecule has 2 N–H and O–H groups in total. The van der Waals surface area contributed by atoms with Crippen LogP contribution in [-0.2, 0) is 11.3 Å². The number of nitrogens with zero attached hydrogens (tertiary/aromatic N) is 4. The Balaban J connectivity index is 1.60. The minimum absolute atomic E-state index is 0.0392. The van der Waals surface area contributed by atoms with Gasteiger partial charge in [0.2, 0.25) is 5.91 Å². The van der Waals surface area contributed by atoms with Crippen LogP contribution in [0, 0.1) is 0 Å². The Labute approximate surface area is 117 Å². The second-order valence-corrected chi connectivity index (χ2v) is 5.06. The highest BCUT2D eigenvalue weighted by atomic mass is 16.2. The molecule has 1 saturated heterocycles. The van der Waals surface area contributed by atoms with Crippen LogP contribution in [0.15, 0.2) is 30.6 Å². The summed E-state index contributed by atoms with van der Waals surface area (Å²) in [5, 5.41) is 0. The first-order valence-corrected chi connectivity index (χ1v) is 6.89. The van der Waals surface area contributed by atoms with E-state index in [1.165, 1.54) is 0 Å². The lowest BCUT2D eigenvalue weighted by molar-refractivity contribution is -0.131. The van der Waals surface area contributed by atoms with E-state index in [2.05, 4.69) is 16.1 Å².